The molecule has 82 valence electrons. The Bertz CT molecular complexity index is 370. The highest BCUT2D eigenvalue weighted by molar-refractivity contribution is 9.10. The van der Waals surface area contributed by atoms with E-state index in [2.05, 4.69) is 15.9 Å². The van der Waals surface area contributed by atoms with E-state index in [9.17, 15) is 4.79 Å². The second-order valence-corrected chi connectivity index (χ2v) is 4.58. The van der Waals surface area contributed by atoms with Crippen molar-refractivity contribution in [3.05, 3.63) is 33.3 Å². The van der Waals surface area contributed by atoms with Gasteiger partial charge in [-0.25, -0.2) is 0 Å². The van der Waals surface area contributed by atoms with E-state index in [1.54, 1.807) is 11.9 Å². The summed E-state index contributed by atoms with van der Waals surface area (Å²) in [7, 11) is 1.75. The van der Waals surface area contributed by atoms with Crippen LogP contribution in [-0.2, 0) is 11.3 Å². The summed E-state index contributed by atoms with van der Waals surface area (Å²) in [6.45, 7) is 0.590. The van der Waals surface area contributed by atoms with E-state index in [0.717, 1.165) is 10.0 Å². The first-order valence-electron chi connectivity index (χ1n) is 4.33. The second-order valence-electron chi connectivity index (χ2n) is 3.31. The molecule has 0 saturated heterocycles. The van der Waals surface area contributed by atoms with Crippen molar-refractivity contribution < 1.29 is 9.90 Å². The smallest absolute Gasteiger partial charge is 0.317 e. The van der Waals surface area contributed by atoms with Gasteiger partial charge in [-0.05, 0) is 40.7 Å². The van der Waals surface area contributed by atoms with Gasteiger partial charge in [0.2, 0.25) is 0 Å². The van der Waals surface area contributed by atoms with Gasteiger partial charge in [0.1, 0.15) is 0 Å². The van der Waals surface area contributed by atoms with Crippen molar-refractivity contribution in [2.75, 3.05) is 13.6 Å². The second kappa shape index (κ2) is 5.49. The normalized spacial score (nSPS) is 10.7. The predicted molar refractivity (Wildman–Crippen MR) is 63.1 cm³/mol. The van der Waals surface area contributed by atoms with Crippen LogP contribution >= 0.6 is 27.5 Å². The molecule has 0 spiro atoms. The molecule has 0 aromatic heterocycles. The molecule has 1 rings (SSSR count). The van der Waals surface area contributed by atoms with Crippen molar-refractivity contribution in [1.29, 1.82) is 0 Å². The monoisotopic (exact) mass is 291 g/mol. The van der Waals surface area contributed by atoms with Gasteiger partial charge in [0, 0.05) is 11.0 Å². The minimum absolute atomic E-state index is 0.0215. The van der Waals surface area contributed by atoms with Crippen LogP contribution in [0.5, 0.6) is 0 Å². The lowest BCUT2D eigenvalue weighted by molar-refractivity contribution is -0.138. The highest BCUT2D eigenvalue weighted by atomic mass is 79.9. The van der Waals surface area contributed by atoms with E-state index in [4.69, 9.17) is 16.7 Å². The molecule has 1 aromatic carbocycles. The SMILES string of the molecule is CN(CC(=O)O)Cc1ccc(Br)c(Cl)c1. The van der Waals surface area contributed by atoms with Crippen molar-refractivity contribution in [2.45, 2.75) is 6.54 Å². The average molecular weight is 293 g/mol. The van der Waals surface area contributed by atoms with Crippen LogP contribution in [0.25, 0.3) is 0 Å². The molecule has 0 unspecified atom stereocenters. The van der Waals surface area contributed by atoms with Crippen LogP contribution in [0.1, 0.15) is 5.56 Å². The Hall–Kier alpha value is -0.580. The summed E-state index contributed by atoms with van der Waals surface area (Å²) in [5, 5.41) is 9.22. The van der Waals surface area contributed by atoms with Gasteiger partial charge in [0.15, 0.2) is 0 Å². The number of likely N-dealkylation sites (N-methyl/N-ethyl adjacent to an activating group) is 1. The number of aliphatic carboxylic acids is 1. The van der Waals surface area contributed by atoms with Crippen LogP contribution in [0.15, 0.2) is 22.7 Å². The number of nitrogens with zero attached hydrogens (tertiary/aromatic N) is 1. The first kappa shape index (κ1) is 12.5. The van der Waals surface area contributed by atoms with Crippen LogP contribution in [0, 0.1) is 0 Å². The first-order chi connectivity index (χ1) is 6.99. The van der Waals surface area contributed by atoms with E-state index in [1.165, 1.54) is 0 Å². The Morgan fingerprint density at radius 1 is 1.60 bits per heavy atom. The van der Waals surface area contributed by atoms with E-state index < -0.39 is 5.97 Å². The number of rotatable bonds is 4. The highest BCUT2D eigenvalue weighted by Gasteiger charge is 2.06. The van der Waals surface area contributed by atoms with Gasteiger partial charge >= 0.3 is 5.97 Å². The van der Waals surface area contributed by atoms with Gasteiger partial charge in [-0.2, -0.15) is 0 Å². The van der Waals surface area contributed by atoms with E-state index in [0.29, 0.717) is 11.6 Å². The van der Waals surface area contributed by atoms with Crippen molar-refractivity contribution >= 4 is 33.5 Å². The molecule has 0 fully saturated rings. The van der Waals surface area contributed by atoms with Crippen molar-refractivity contribution in [2.24, 2.45) is 0 Å². The molecule has 5 heteroatoms. The minimum atomic E-state index is -0.833. The quantitative estimate of drug-likeness (QED) is 0.927. The number of benzene rings is 1. The molecule has 0 aliphatic carbocycles. The molecular formula is C10H11BrClNO2. The van der Waals surface area contributed by atoms with Crippen LogP contribution in [0.2, 0.25) is 5.02 Å². The first-order valence-corrected chi connectivity index (χ1v) is 5.50. The van der Waals surface area contributed by atoms with Gasteiger partial charge in [0.05, 0.1) is 11.6 Å². The van der Waals surface area contributed by atoms with Crippen LogP contribution < -0.4 is 0 Å². The number of halogens is 2. The third kappa shape index (κ3) is 4.20. The Morgan fingerprint density at radius 2 is 2.27 bits per heavy atom. The standard InChI is InChI=1S/C10H11BrClNO2/c1-13(6-10(14)15)5-7-2-3-8(11)9(12)4-7/h2-4H,5-6H2,1H3,(H,14,15). The molecule has 0 radical (unpaired) electrons. The number of carboxylic acids is 1. The average Bonchev–Trinajstić information content (AvgIpc) is 2.10. The van der Waals surface area contributed by atoms with Gasteiger partial charge in [-0.15, -0.1) is 0 Å². The summed E-state index contributed by atoms with van der Waals surface area (Å²) >= 11 is 9.22. The van der Waals surface area contributed by atoms with Crippen LogP contribution in [0.3, 0.4) is 0 Å². The highest BCUT2D eigenvalue weighted by Crippen LogP contribution is 2.23. The largest absolute Gasteiger partial charge is 0.480 e. The lowest BCUT2D eigenvalue weighted by atomic mass is 10.2. The zero-order valence-electron chi connectivity index (χ0n) is 8.20. The molecule has 0 amide bonds. The van der Waals surface area contributed by atoms with E-state index >= 15 is 0 Å². The maximum absolute atomic E-state index is 10.4. The predicted octanol–water partition coefficient (Wildman–Crippen LogP) is 2.62. The number of carboxylic acid groups (broad SMARTS) is 1. The molecule has 0 saturated carbocycles. The minimum Gasteiger partial charge on any atom is -0.480 e. The molecule has 1 N–H and O–H groups in total. The molecular weight excluding hydrogens is 281 g/mol. The molecule has 0 aliphatic rings. The summed E-state index contributed by atoms with van der Waals surface area (Å²) in [4.78, 5) is 12.2. The third-order valence-corrected chi connectivity index (χ3v) is 3.07. The Balaban J connectivity index is 2.64. The fourth-order valence-corrected chi connectivity index (χ4v) is 1.69. The summed E-state index contributed by atoms with van der Waals surface area (Å²) in [5.74, 6) is -0.833. The maximum Gasteiger partial charge on any atom is 0.317 e. The van der Waals surface area contributed by atoms with Gasteiger partial charge < -0.3 is 5.11 Å². The fraction of sp³-hybridized carbons (Fsp3) is 0.300. The fourth-order valence-electron chi connectivity index (χ4n) is 1.24. The zero-order chi connectivity index (χ0) is 11.4. The summed E-state index contributed by atoms with van der Waals surface area (Å²) in [6, 6.07) is 5.59. The number of hydrogen-bond acceptors (Lipinski definition) is 2. The molecule has 0 bridgehead atoms. The van der Waals surface area contributed by atoms with Crippen molar-refractivity contribution in [3.8, 4) is 0 Å². The van der Waals surface area contributed by atoms with Gasteiger partial charge in [0.25, 0.3) is 0 Å². The summed E-state index contributed by atoms with van der Waals surface area (Å²) < 4.78 is 0.841. The van der Waals surface area contributed by atoms with Crippen LogP contribution in [0.4, 0.5) is 0 Å². The van der Waals surface area contributed by atoms with E-state index in [1.807, 2.05) is 18.2 Å². The maximum atomic E-state index is 10.4. The lowest BCUT2D eigenvalue weighted by Gasteiger charge is -2.14. The molecule has 0 aliphatic heterocycles. The molecule has 3 nitrogen and oxygen atoms in total. The molecule has 15 heavy (non-hydrogen) atoms. The molecule has 0 heterocycles. The number of hydrogen-bond donors (Lipinski definition) is 1. The van der Waals surface area contributed by atoms with Gasteiger partial charge in [-0.3, -0.25) is 9.69 Å². The number of carbonyl (C=O) groups is 1. The van der Waals surface area contributed by atoms with Crippen LogP contribution in [-0.4, -0.2) is 29.6 Å². The molecule has 0 atom stereocenters. The topological polar surface area (TPSA) is 40.5 Å². The van der Waals surface area contributed by atoms with Crippen molar-refractivity contribution in [1.82, 2.24) is 4.90 Å². The summed E-state index contributed by atoms with van der Waals surface area (Å²) in [5.41, 5.74) is 0.993. The Kier molecular flexibility index (Phi) is 4.57. The zero-order valence-corrected chi connectivity index (χ0v) is 10.5. The molecule has 1 aromatic rings. The van der Waals surface area contributed by atoms with Crippen molar-refractivity contribution in [3.63, 3.8) is 0 Å². The summed E-state index contributed by atoms with van der Waals surface area (Å²) in [6.07, 6.45) is 0. The lowest BCUT2D eigenvalue weighted by Crippen LogP contribution is -2.25. The van der Waals surface area contributed by atoms with Gasteiger partial charge in [-0.1, -0.05) is 17.7 Å². The van der Waals surface area contributed by atoms with E-state index in [-0.39, 0.29) is 6.54 Å². The third-order valence-electron chi connectivity index (χ3n) is 1.84. The Labute approximate surface area is 102 Å². The Morgan fingerprint density at radius 3 is 2.80 bits per heavy atom.